The molecule has 3 heteroatoms. The van der Waals surface area contributed by atoms with E-state index in [2.05, 4.69) is 40.6 Å². The van der Waals surface area contributed by atoms with Gasteiger partial charge in [0.05, 0.1) is 7.11 Å². The van der Waals surface area contributed by atoms with Gasteiger partial charge in [0.25, 0.3) is 0 Å². The Labute approximate surface area is 126 Å². The topological polar surface area (TPSA) is 34.1 Å². The van der Waals surface area contributed by atoms with Crippen LogP contribution in [0.2, 0.25) is 0 Å². The van der Waals surface area contributed by atoms with Gasteiger partial charge in [-0.1, -0.05) is 18.2 Å². The van der Waals surface area contributed by atoms with Crippen LogP contribution < -0.4 is 10.1 Å². The summed E-state index contributed by atoms with van der Waals surface area (Å²) in [5.41, 5.74) is 2.59. The molecular weight excluding hydrogens is 260 g/mol. The van der Waals surface area contributed by atoms with Crippen molar-refractivity contribution >= 4 is 0 Å². The highest BCUT2D eigenvalue weighted by atomic mass is 16.5. The van der Waals surface area contributed by atoms with E-state index in [-0.39, 0.29) is 0 Å². The number of methoxy groups -OCH3 is 1. The molecule has 0 atom stereocenters. The van der Waals surface area contributed by atoms with E-state index in [9.17, 15) is 0 Å². The van der Waals surface area contributed by atoms with Crippen LogP contribution in [0, 0.1) is 0 Å². The number of benzene rings is 1. The molecule has 1 aliphatic rings. The summed E-state index contributed by atoms with van der Waals surface area (Å²) in [6, 6.07) is 15.2. The van der Waals surface area contributed by atoms with Gasteiger partial charge in [-0.15, -0.1) is 0 Å². The zero-order valence-corrected chi connectivity index (χ0v) is 12.5. The molecule has 3 rings (SSSR count). The van der Waals surface area contributed by atoms with Crippen LogP contribution in [0.4, 0.5) is 0 Å². The Morgan fingerprint density at radius 2 is 1.95 bits per heavy atom. The summed E-state index contributed by atoms with van der Waals surface area (Å²) >= 11 is 0. The summed E-state index contributed by atoms with van der Waals surface area (Å²) in [5.74, 6) is 1.63. The Hall–Kier alpha value is -1.87. The molecule has 0 radical (unpaired) electrons. The number of hydrogen-bond donors (Lipinski definition) is 1. The van der Waals surface area contributed by atoms with Crippen molar-refractivity contribution in [2.45, 2.75) is 31.2 Å². The van der Waals surface area contributed by atoms with E-state index in [4.69, 9.17) is 4.74 Å². The van der Waals surface area contributed by atoms with E-state index in [1.807, 2.05) is 18.3 Å². The zero-order chi connectivity index (χ0) is 14.5. The second-order valence-electron chi connectivity index (χ2n) is 5.66. The van der Waals surface area contributed by atoms with Crippen LogP contribution in [-0.2, 0) is 6.42 Å². The Bertz CT molecular complexity index is 547. The van der Waals surface area contributed by atoms with E-state index < -0.39 is 0 Å². The van der Waals surface area contributed by atoms with Crippen molar-refractivity contribution in [1.82, 2.24) is 10.3 Å². The molecular formula is C18H22N2O. The normalized spacial score (nSPS) is 20.8. The van der Waals surface area contributed by atoms with Crippen molar-refractivity contribution in [1.29, 1.82) is 0 Å². The van der Waals surface area contributed by atoms with Gasteiger partial charge in [0.2, 0.25) is 0 Å². The lowest BCUT2D eigenvalue weighted by Gasteiger charge is -2.36. The highest BCUT2D eigenvalue weighted by Crippen LogP contribution is 2.37. The number of ether oxygens (including phenoxy) is 1. The molecule has 1 aromatic carbocycles. The minimum absolute atomic E-state index is 0.654. The van der Waals surface area contributed by atoms with Crippen molar-refractivity contribution in [3.8, 4) is 5.75 Å². The predicted octanol–water partition coefficient (Wildman–Crippen LogP) is 3.17. The van der Waals surface area contributed by atoms with Gasteiger partial charge in [-0.2, -0.15) is 0 Å². The van der Waals surface area contributed by atoms with E-state index in [0.717, 1.165) is 24.4 Å². The van der Waals surface area contributed by atoms with Crippen molar-refractivity contribution in [2.24, 2.45) is 0 Å². The molecule has 1 heterocycles. The third-order valence-corrected chi connectivity index (χ3v) is 4.27. The lowest BCUT2D eigenvalue weighted by Crippen LogP contribution is -2.41. The molecule has 3 nitrogen and oxygen atoms in total. The fourth-order valence-corrected chi connectivity index (χ4v) is 2.88. The number of pyridine rings is 1. The fraction of sp³-hybridized carbons (Fsp3) is 0.389. The third kappa shape index (κ3) is 3.61. The smallest absolute Gasteiger partial charge is 0.118 e. The molecule has 1 fully saturated rings. The summed E-state index contributed by atoms with van der Waals surface area (Å²) in [4.78, 5) is 4.35. The van der Waals surface area contributed by atoms with Gasteiger partial charge in [0.15, 0.2) is 0 Å². The Balaban J connectivity index is 1.39. The SMILES string of the molecule is COc1ccc(C2CC(NCCc3ccccn3)C2)cc1. The molecule has 1 N–H and O–H groups in total. The summed E-state index contributed by atoms with van der Waals surface area (Å²) < 4.78 is 5.20. The van der Waals surface area contributed by atoms with Crippen LogP contribution in [0.5, 0.6) is 5.75 Å². The van der Waals surface area contributed by atoms with Gasteiger partial charge in [0, 0.05) is 30.9 Å². The summed E-state index contributed by atoms with van der Waals surface area (Å²) in [6.07, 6.45) is 5.33. The minimum Gasteiger partial charge on any atom is -0.497 e. The standard InChI is InChI=1S/C18H22N2O/c1-21-18-7-5-14(6-8-18)15-12-17(13-15)20-11-9-16-4-2-3-10-19-16/h2-8,10,15,17,20H,9,11-13H2,1H3. The first-order chi connectivity index (χ1) is 10.3. The maximum atomic E-state index is 5.20. The van der Waals surface area contributed by atoms with Gasteiger partial charge in [-0.3, -0.25) is 4.98 Å². The van der Waals surface area contributed by atoms with Gasteiger partial charge in [0.1, 0.15) is 5.75 Å². The van der Waals surface area contributed by atoms with Crippen LogP contribution in [0.3, 0.4) is 0 Å². The molecule has 1 saturated carbocycles. The molecule has 0 amide bonds. The molecule has 110 valence electrons. The molecule has 21 heavy (non-hydrogen) atoms. The Kier molecular flexibility index (Phi) is 4.51. The van der Waals surface area contributed by atoms with Crippen LogP contribution in [-0.4, -0.2) is 24.7 Å². The second-order valence-corrected chi connectivity index (χ2v) is 5.66. The zero-order valence-electron chi connectivity index (χ0n) is 12.5. The largest absolute Gasteiger partial charge is 0.497 e. The molecule has 2 aromatic rings. The van der Waals surface area contributed by atoms with Crippen molar-refractivity contribution < 1.29 is 4.74 Å². The monoisotopic (exact) mass is 282 g/mol. The van der Waals surface area contributed by atoms with Crippen molar-refractivity contribution in [2.75, 3.05) is 13.7 Å². The maximum absolute atomic E-state index is 5.20. The fourth-order valence-electron chi connectivity index (χ4n) is 2.88. The van der Waals surface area contributed by atoms with E-state index >= 15 is 0 Å². The van der Waals surface area contributed by atoms with Gasteiger partial charge < -0.3 is 10.1 Å². The molecule has 0 unspecified atom stereocenters. The summed E-state index contributed by atoms with van der Waals surface area (Å²) in [6.45, 7) is 1.01. The number of nitrogens with one attached hydrogen (secondary N) is 1. The number of nitrogens with zero attached hydrogens (tertiary/aromatic N) is 1. The van der Waals surface area contributed by atoms with Crippen LogP contribution in [0.25, 0.3) is 0 Å². The van der Waals surface area contributed by atoms with E-state index in [0.29, 0.717) is 12.0 Å². The summed E-state index contributed by atoms with van der Waals surface area (Å²) in [5, 5.41) is 3.63. The van der Waals surface area contributed by atoms with E-state index in [1.54, 1.807) is 7.11 Å². The van der Waals surface area contributed by atoms with Gasteiger partial charge >= 0.3 is 0 Å². The Morgan fingerprint density at radius 3 is 2.62 bits per heavy atom. The first-order valence-corrected chi connectivity index (χ1v) is 7.62. The third-order valence-electron chi connectivity index (χ3n) is 4.27. The highest BCUT2D eigenvalue weighted by Gasteiger charge is 2.29. The molecule has 1 aliphatic carbocycles. The lowest BCUT2D eigenvalue weighted by molar-refractivity contribution is 0.292. The minimum atomic E-state index is 0.654. The molecule has 0 saturated heterocycles. The number of hydrogen-bond acceptors (Lipinski definition) is 3. The maximum Gasteiger partial charge on any atom is 0.118 e. The number of rotatable bonds is 6. The Morgan fingerprint density at radius 1 is 1.14 bits per heavy atom. The molecule has 0 aliphatic heterocycles. The van der Waals surface area contributed by atoms with Gasteiger partial charge in [-0.05, 0) is 48.6 Å². The quantitative estimate of drug-likeness (QED) is 0.883. The lowest BCUT2D eigenvalue weighted by atomic mass is 9.76. The average Bonchev–Trinajstić information content (AvgIpc) is 2.51. The number of aromatic nitrogens is 1. The van der Waals surface area contributed by atoms with Crippen molar-refractivity contribution in [3.63, 3.8) is 0 Å². The van der Waals surface area contributed by atoms with E-state index in [1.165, 1.54) is 18.4 Å². The van der Waals surface area contributed by atoms with Gasteiger partial charge in [-0.25, -0.2) is 0 Å². The molecule has 1 aromatic heterocycles. The van der Waals surface area contributed by atoms with Crippen LogP contribution in [0.15, 0.2) is 48.7 Å². The van der Waals surface area contributed by atoms with Crippen molar-refractivity contribution in [3.05, 3.63) is 59.9 Å². The first-order valence-electron chi connectivity index (χ1n) is 7.62. The highest BCUT2D eigenvalue weighted by molar-refractivity contribution is 5.30. The average molecular weight is 282 g/mol. The van der Waals surface area contributed by atoms with Crippen LogP contribution in [0.1, 0.15) is 30.0 Å². The molecule has 0 bridgehead atoms. The summed E-state index contributed by atoms with van der Waals surface area (Å²) in [7, 11) is 1.71. The predicted molar refractivity (Wildman–Crippen MR) is 84.7 cm³/mol. The first kappa shape index (κ1) is 14.1. The van der Waals surface area contributed by atoms with Crippen LogP contribution >= 0.6 is 0 Å². The second kappa shape index (κ2) is 6.72. The molecule has 0 spiro atoms.